The van der Waals surface area contributed by atoms with E-state index in [9.17, 15) is 4.79 Å². The lowest BCUT2D eigenvalue weighted by Gasteiger charge is -2.28. The van der Waals surface area contributed by atoms with Gasteiger partial charge in [0.1, 0.15) is 11.6 Å². The van der Waals surface area contributed by atoms with Gasteiger partial charge in [0.25, 0.3) is 0 Å². The van der Waals surface area contributed by atoms with Crippen molar-refractivity contribution >= 4 is 11.7 Å². The van der Waals surface area contributed by atoms with Crippen LogP contribution in [0.1, 0.15) is 24.0 Å². The smallest absolute Gasteiger partial charge is 0.219 e. The first-order valence-electron chi connectivity index (χ1n) is 8.98. The SMILES string of the molecule is CC(=O)N1CCc2c(nc(-c3cccnc3)nc2NCCc2ncc[nH]2)C1. The Morgan fingerprint density at radius 3 is 3.00 bits per heavy atom. The summed E-state index contributed by atoms with van der Waals surface area (Å²) >= 11 is 0. The van der Waals surface area contributed by atoms with E-state index in [1.165, 1.54) is 0 Å². The van der Waals surface area contributed by atoms with E-state index in [0.717, 1.165) is 41.3 Å². The van der Waals surface area contributed by atoms with Gasteiger partial charge in [-0.05, 0) is 18.6 Å². The predicted molar refractivity (Wildman–Crippen MR) is 101 cm³/mol. The molecule has 1 amide bonds. The van der Waals surface area contributed by atoms with Gasteiger partial charge in [-0.25, -0.2) is 15.0 Å². The van der Waals surface area contributed by atoms with Crippen LogP contribution in [0.2, 0.25) is 0 Å². The summed E-state index contributed by atoms with van der Waals surface area (Å²) in [6, 6.07) is 3.80. The van der Waals surface area contributed by atoms with Gasteiger partial charge >= 0.3 is 0 Å². The lowest BCUT2D eigenvalue weighted by atomic mass is 10.0. The maximum Gasteiger partial charge on any atom is 0.219 e. The Morgan fingerprint density at radius 1 is 1.33 bits per heavy atom. The van der Waals surface area contributed by atoms with Crippen LogP contribution in [0, 0.1) is 0 Å². The van der Waals surface area contributed by atoms with Crippen molar-refractivity contribution in [1.29, 1.82) is 0 Å². The summed E-state index contributed by atoms with van der Waals surface area (Å²) in [5.74, 6) is 2.44. The minimum Gasteiger partial charge on any atom is -0.369 e. The minimum atomic E-state index is 0.0644. The van der Waals surface area contributed by atoms with Crippen LogP contribution in [0.25, 0.3) is 11.4 Å². The number of amides is 1. The largest absolute Gasteiger partial charge is 0.369 e. The molecule has 0 saturated carbocycles. The molecule has 1 aliphatic heterocycles. The molecule has 2 N–H and O–H groups in total. The Balaban J connectivity index is 1.64. The lowest BCUT2D eigenvalue weighted by Crippen LogP contribution is -2.35. The zero-order valence-corrected chi connectivity index (χ0v) is 15.1. The van der Waals surface area contributed by atoms with Gasteiger partial charge in [0.2, 0.25) is 5.91 Å². The summed E-state index contributed by atoms with van der Waals surface area (Å²) in [6.45, 7) is 3.49. The number of aromatic amines is 1. The molecule has 0 radical (unpaired) electrons. The van der Waals surface area contributed by atoms with Crippen molar-refractivity contribution in [2.45, 2.75) is 26.3 Å². The lowest BCUT2D eigenvalue weighted by molar-refractivity contribution is -0.129. The second kappa shape index (κ2) is 7.53. The van der Waals surface area contributed by atoms with Crippen LogP contribution in [0.3, 0.4) is 0 Å². The molecule has 1 aliphatic rings. The molecular weight excluding hydrogens is 342 g/mol. The highest BCUT2D eigenvalue weighted by Gasteiger charge is 2.24. The van der Waals surface area contributed by atoms with E-state index in [4.69, 9.17) is 9.97 Å². The number of carbonyl (C=O) groups excluding carboxylic acids is 1. The van der Waals surface area contributed by atoms with Gasteiger partial charge in [-0.2, -0.15) is 0 Å². The average Bonchev–Trinajstić information content (AvgIpc) is 3.21. The normalized spacial score (nSPS) is 13.3. The molecule has 0 saturated heterocycles. The summed E-state index contributed by atoms with van der Waals surface area (Å²) in [4.78, 5) is 34.6. The van der Waals surface area contributed by atoms with Crippen molar-refractivity contribution in [3.8, 4) is 11.4 Å². The molecule has 0 spiro atoms. The van der Waals surface area contributed by atoms with Gasteiger partial charge < -0.3 is 15.2 Å². The highest BCUT2D eigenvalue weighted by molar-refractivity contribution is 5.74. The zero-order chi connectivity index (χ0) is 18.6. The number of fused-ring (bicyclic) bond motifs is 1. The molecule has 0 bridgehead atoms. The van der Waals surface area contributed by atoms with Crippen molar-refractivity contribution in [2.24, 2.45) is 0 Å². The van der Waals surface area contributed by atoms with Gasteiger partial charge in [0.05, 0.1) is 12.2 Å². The van der Waals surface area contributed by atoms with Gasteiger partial charge in [-0.3, -0.25) is 9.78 Å². The maximum atomic E-state index is 11.8. The Bertz CT molecular complexity index is 925. The summed E-state index contributed by atoms with van der Waals surface area (Å²) in [6.07, 6.45) is 8.55. The molecule has 3 aromatic heterocycles. The zero-order valence-electron chi connectivity index (χ0n) is 15.1. The molecular formula is C19H21N7O. The molecule has 8 nitrogen and oxygen atoms in total. The van der Waals surface area contributed by atoms with E-state index in [0.29, 0.717) is 25.5 Å². The highest BCUT2D eigenvalue weighted by Crippen LogP contribution is 2.27. The van der Waals surface area contributed by atoms with Gasteiger partial charge in [0.15, 0.2) is 5.82 Å². The van der Waals surface area contributed by atoms with E-state index in [1.807, 2.05) is 23.2 Å². The Labute approximate surface area is 157 Å². The van der Waals surface area contributed by atoms with Crippen LogP contribution in [0.4, 0.5) is 5.82 Å². The topological polar surface area (TPSA) is 99.7 Å². The van der Waals surface area contributed by atoms with E-state index in [1.54, 1.807) is 25.5 Å². The van der Waals surface area contributed by atoms with Gasteiger partial charge in [-0.15, -0.1) is 0 Å². The van der Waals surface area contributed by atoms with E-state index >= 15 is 0 Å². The van der Waals surface area contributed by atoms with Crippen LogP contribution in [0.5, 0.6) is 0 Å². The predicted octanol–water partition coefficient (Wildman–Crippen LogP) is 1.82. The summed E-state index contributed by atoms with van der Waals surface area (Å²) in [7, 11) is 0. The first-order chi connectivity index (χ1) is 13.2. The van der Waals surface area contributed by atoms with Crippen LogP contribution in [-0.2, 0) is 24.2 Å². The maximum absolute atomic E-state index is 11.8. The first kappa shape index (κ1) is 17.1. The second-order valence-electron chi connectivity index (χ2n) is 6.47. The highest BCUT2D eigenvalue weighted by atomic mass is 16.2. The van der Waals surface area contributed by atoms with Crippen LogP contribution < -0.4 is 5.32 Å². The number of aromatic nitrogens is 5. The number of hydrogen-bond donors (Lipinski definition) is 2. The number of anilines is 1. The van der Waals surface area contributed by atoms with Crippen molar-refractivity contribution in [1.82, 2.24) is 29.8 Å². The number of rotatable bonds is 5. The molecule has 27 heavy (non-hydrogen) atoms. The summed E-state index contributed by atoms with van der Waals surface area (Å²) in [5, 5.41) is 3.43. The standard InChI is InChI=1S/C19H21N7O/c1-13(27)26-10-5-15-16(12-26)24-18(14-3-2-6-20-11-14)25-19(15)23-7-4-17-21-8-9-22-17/h2-3,6,8-9,11H,4-5,7,10,12H2,1H3,(H,21,22)(H,23,24,25). The molecule has 0 aromatic carbocycles. The first-order valence-corrected chi connectivity index (χ1v) is 8.98. The Kier molecular flexibility index (Phi) is 4.78. The number of H-pyrrole nitrogens is 1. The van der Waals surface area contributed by atoms with Gasteiger partial charge in [0, 0.05) is 62.3 Å². The molecule has 0 atom stereocenters. The number of imidazole rings is 1. The summed E-state index contributed by atoms with van der Waals surface area (Å²) < 4.78 is 0. The number of pyridine rings is 1. The molecule has 8 heteroatoms. The third-order valence-electron chi connectivity index (χ3n) is 4.64. The third-order valence-corrected chi connectivity index (χ3v) is 4.64. The molecule has 3 aromatic rings. The minimum absolute atomic E-state index is 0.0644. The third kappa shape index (κ3) is 3.79. The molecule has 0 unspecified atom stereocenters. The van der Waals surface area contributed by atoms with Crippen molar-refractivity contribution in [3.05, 3.63) is 54.0 Å². The quantitative estimate of drug-likeness (QED) is 0.717. The van der Waals surface area contributed by atoms with Gasteiger partial charge in [-0.1, -0.05) is 0 Å². The molecule has 4 rings (SSSR count). The fraction of sp³-hybridized carbons (Fsp3) is 0.316. The molecule has 4 heterocycles. The van der Waals surface area contributed by atoms with Crippen LogP contribution in [0.15, 0.2) is 36.9 Å². The Hall–Kier alpha value is -3.29. The number of carbonyl (C=O) groups is 1. The van der Waals surface area contributed by atoms with Crippen LogP contribution >= 0.6 is 0 Å². The second-order valence-corrected chi connectivity index (χ2v) is 6.47. The number of hydrogen-bond acceptors (Lipinski definition) is 6. The van der Waals surface area contributed by atoms with Crippen molar-refractivity contribution < 1.29 is 4.79 Å². The summed E-state index contributed by atoms with van der Waals surface area (Å²) in [5.41, 5.74) is 2.83. The van der Waals surface area contributed by atoms with Crippen molar-refractivity contribution in [2.75, 3.05) is 18.4 Å². The number of nitrogens with zero attached hydrogens (tertiary/aromatic N) is 5. The monoisotopic (exact) mass is 363 g/mol. The van der Waals surface area contributed by atoms with Crippen LogP contribution in [-0.4, -0.2) is 48.8 Å². The van der Waals surface area contributed by atoms with E-state index in [-0.39, 0.29) is 5.91 Å². The molecule has 0 fully saturated rings. The Morgan fingerprint density at radius 2 is 2.26 bits per heavy atom. The fourth-order valence-corrected chi connectivity index (χ4v) is 3.20. The van der Waals surface area contributed by atoms with E-state index < -0.39 is 0 Å². The van der Waals surface area contributed by atoms with E-state index in [2.05, 4.69) is 20.3 Å². The fourth-order valence-electron chi connectivity index (χ4n) is 3.20. The molecule has 138 valence electrons. The van der Waals surface area contributed by atoms with Crippen molar-refractivity contribution in [3.63, 3.8) is 0 Å². The molecule has 0 aliphatic carbocycles. The average molecular weight is 363 g/mol. The number of nitrogens with one attached hydrogen (secondary N) is 2.